The van der Waals surface area contributed by atoms with Crippen molar-refractivity contribution >= 4 is 0 Å². The van der Waals surface area contributed by atoms with E-state index in [1.807, 2.05) is 6.07 Å². The van der Waals surface area contributed by atoms with Crippen LogP contribution < -0.4 is 0 Å². The number of aliphatic hydroxyl groups excluding tert-OH is 1. The predicted molar refractivity (Wildman–Crippen MR) is 31.0 cm³/mol. The molecule has 1 atom stereocenters. The van der Waals surface area contributed by atoms with Crippen LogP contribution in [0.15, 0.2) is 0 Å². The fourth-order valence-corrected chi connectivity index (χ4v) is 0.223. The molecule has 9 heavy (non-hydrogen) atoms. The second-order valence-electron chi connectivity index (χ2n) is 2.37. The molecular weight excluding hydrogens is 116 g/mol. The van der Waals surface area contributed by atoms with Crippen LogP contribution >= 0.6 is 0 Å². The smallest absolute Gasteiger partial charge is 0.158 e. The van der Waals surface area contributed by atoms with Crippen molar-refractivity contribution in [3.63, 3.8) is 0 Å². The van der Waals surface area contributed by atoms with Crippen molar-refractivity contribution < 1.29 is 5.11 Å². The summed E-state index contributed by atoms with van der Waals surface area (Å²) in [7, 11) is 0. The van der Waals surface area contributed by atoms with Gasteiger partial charge in [-0.2, -0.15) is 10.5 Å². The van der Waals surface area contributed by atoms with Crippen LogP contribution in [0.1, 0.15) is 13.8 Å². The second-order valence-corrected chi connectivity index (χ2v) is 2.37. The topological polar surface area (TPSA) is 67.8 Å². The van der Waals surface area contributed by atoms with Crippen LogP contribution in [0.4, 0.5) is 0 Å². The van der Waals surface area contributed by atoms with Gasteiger partial charge in [-0.3, -0.25) is 0 Å². The van der Waals surface area contributed by atoms with Crippen molar-refractivity contribution in [2.45, 2.75) is 20.0 Å². The lowest BCUT2D eigenvalue weighted by molar-refractivity contribution is 0.138. The first-order chi connectivity index (χ1) is 4.04. The third-order valence-electron chi connectivity index (χ3n) is 1.09. The molecule has 0 rings (SSSR count). The van der Waals surface area contributed by atoms with Gasteiger partial charge >= 0.3 is 0 Å². The molecule has 0 aliphatic heterocycles. The van der Waals surface area contributed by atoms with Gasteiger partial charge in [0.2, 0.25) is 0 Å². The van der Waals surface area contributed by atoms with E-state index in [0.717, 1.165) is 0 Å². The zero-order chi connectivity index (χ0) is 7.49. The Labute approximate surface area is 54.1 Å². The molecule has 0 amide bonds. The first-order valence-corrected chi connectivity index (χ1v) is 2.53. The molecule has 0 heterocycles. The summed E-state index contributed by atoms with van der Waals surface area (Å²) in [4.78, 5) is 0. The molecule has 0 saturated heterocycles. The average Bonchev–Trinajstić information content (AvgIpc) is 1.86. The molecule has 1 unspecified atom stereocenters. The molecule has 0 radical (unpaired) electrons. The summed E-state index contributed by atoms with van der Waals surface area (Å²) in [6.45, 7) is 3.03. The zero-order valence-corrected chi connectivity index (χ0v) is 5.42. The quantitative estimate of drug-likeness (QED) is 0.515. The van der Waals surface area contributed by atoms with E-state index in [4.69, 9.17) is 15.6 Å². The minimum absolute atomic E-state index is 0.950. The normalized spacial score (nSPS) is 13.4. The van der Waals surface area contributed by atoms with Gasteiger partial charge in [0.1, 0.15) is 0 Å². The molecule has 0 spiro atoms. The number of rotatable bonds is 1. The molecule has 1 N–H and O–H groups in total. The number of hydrogen-bond acceptors (Lipinski definition) is 3. The molecule has 0 fully saturated rings. The van der Waals surface area contributed by atoms with Crippen LogP contribution in [0.2, 0.25) is 0 Å². The van der Waals surface area contributed by atoms with Crippen molar-refractivity contribution in [1.82, 2.24) is 0 Å². The van der Waals surface area contributed by atoms with E-state index >= 15 is 0 Å². The highest BCUT2D eigenvalue weighted by atomic mass is 16.3. The highest BCUT2D eigenvalue weighted by molar-refractivity contribution is 5.05. The maximum atomic E-state index is 8.80. The van der Waals surface area contributed by atoms with Crippen LogP contribution in [-0.2, 0) is 0 Å². The van der Waals surface area contributed by atoms with Crippen LogP contribution in [0.5, 0.6) is 0 Å². The molecular formula is C6H8N2O. The standard InChI is InChI=1S/C6H8N2O/c1-6(2,4-8)5(9)3-7/h5,9H,1-2H3. The lowest BCUT2D eigenvalue weighted by Gasteiger charge is -2.14. The average molecular weight is 124 g/mol. The number of aliphatic hydroxyl groups is 1. The first-order valence-electron chi connectivity index (χ1n) is 2.53. The van der Waals surface area contributed by atoms with E-state index in [0.29, 0.717) is 0 Å². The van der Waals surface area contributed by atoms with Crippen molar-refractivity contribution in [1.29, 1.82) is 10.5 Å². The largest absolute Gasteiger partial charge is 0.376 e. The van der Waals surface area contributed by atoms with Crippen molar-refractivity contribution in [2.24, 2.45) is 5.41 Å². The second kappa shape index (κ2) is 2.48. The summed E-state index contributed by atoms with van der Waals surface area (Å²) in [6.07, 6.45) is -1.19. The van der Waals surface area contributed by atoms with Crippen molar-refractivity contribution in [2.75, 3.05) is 0 Å². The maximum Gasteiger partial charge on any atom is 0.158 e. The zero-order valence-electron chi connectivity index (χ0n) is 5.42. The van der Waals surface area contributed by atoms with Crippen LogP contribution in [0, 0.1) is 28.1 Å². The van der Waals surface area contributed by atoms with Gasteiger partial charge < -0.3 is 5.11 Å². The Morgan fingerprint density at radius 1 is 1.44 bits per heavy atom. The van der Waals surface area contributed by atoms with Gasteiger partial charge in [-0.15, -0.1) is 0 Å². The molecule has 0 aliphatic carbocycles. The highest BCUT2D eigenvalue weighted by Crippen LogP contribution is 2.17. The summed E-state index contributed by atoms with van der Waals surface area (Å²) in [5.41, 5.74) is -0.950. The minimum atomic E-state index is -1.19. The van der Waals surface area contributed by atoms with E-state index < -0.39 is 11.5 Å². The molecule has 0 bridgehead atoms. The number of hydrogen-bond donors (Lipinski definition) is 1. The summed E-state index contributed by atoms with van der Waals surface area (Å²) >= 11 is 0. The third-order valence-corrected chi connectivity index (χ3v) is 1.09. The van der Waals surface area contributed by atoms with E-state index in [1.54, 1.807) is 6.07 Å². The molecule has 0 aromatic rings. The Balaban J connectivity index is 4.23. The monoisotopic (exact) mass is 124 g/mol. The first kappa shape index (κ1) is 7.94. The van der Waals surface area contributed by atoms with Crippen LogP contribution in [0.3, 0.4) is 0 Å². The minimum Gasteiger partial charge on any atom is -0.376 e. The van der Waals surface area contributed by atoms with Crippen LogP contribution in [0.25, 0.3) is 0 Å². The van der Waals surface area contributed by atoms with Gasteiger partial charge in [-0.1, -0.05) is 0 Å². The van der Waals surface area contributed by atoms with Gasteiger partial charge in [-0.25, -0.2) is 0 Å². The molecule has 0 saturated carbocycles. The summed E-state index contributed by atoms with van der Waals surface area (Å²) in [5.74, 6) is 0. The molecule has 0 aromatic heterocycles. The van der Waals surface area contributed by atoms with Crippen molar-refractivity contribution in [3.8, 4) is 12.1 Å². The number of nitriles is 2. The van der Waals surface area contributed by atoms with Crippen LogP contribution in [-0.4, -0.2) is 11.2 Å². The molecule has 0 aliphatic rings. The fourth-order valence-electron chi connectivity index (χ4n) is 0.223. The third kappa shape index (κ3) is 1.71. The summed E-state index contributed by atoms with van der Waals surface area (Å²) < 4.78 is 0. The highest BCUT2D eigenvalue weighted by Gasteiger charge is 2.26. The van der Waals surface area contributed by atoms with Gasteiger partial charge in [-0.05, 0) is 13.8 Å². The Hall–Kier alpha value is -1.06. The van der Waals surface area contributed by atoms with E-state index in [2.05, 4.69) is 0 Å². The van der Waals surface area contributed by atoms with Gasteiger partial charge in [0.05, 0.1) is 17.6 Å². The summed E-state index contributed by atoms with van der Waals surface area (Å²) in [6, 6.07) is 3.41. The Morgan fingerprint density at radius 2 is 1.89 bits per heavy atom. The maximum absolute atomic E-state index is 8.80. The van der Waals surface area contributed by atoms with Crippen molar-refractivity contribution in [3.05, 3.63) is 0 Å². The van der Waals surface area contributed by atoms with Gasteiger partial charge in [0.25, 0.3) is 0 Å². The molecule has 3 nitrogen and oxygen atoms in total. The molecule has 48 valence electrons. The SMILES string of the molecule is CC(C)(C#N)C(O)C#N. The Bertz CT molecular complexity index is 172. The lowest BCUT2D eigenvalue weighted by atomic mass is 9.89. The van der Waals surface area contributed by atoms with E-state index in [1.165, 1.54) is 13.8 Å². The Kier molecular flexibility index (Phi) is 2.19. The molecule has 0 aromatic carbocycles. The van der Waals surface area contributed by atoms with Gasteiger partial charge in [0, 0.05) is 0 Å². The van der Waals surface area contributed by atoms with Gasteiger partial charge in [0.15, 0.2) is 6.10 Å². The summed E-state index contributed by atoms with van der Waals surface area (Å²) in [5, 5.41) is 25.3. The predicted octanol–water partition coefficient (Wildman–Crippen LogP) is 0.421. The van der Waals surface area contributed by atoms with E-state index in [-0.39, 0.29) is 0 Å². The number of nitrogens with zero attached hydrogens (tertiary/aromatic N) is 2. The van der Waals surface area contributed by atoms with E-state index in [9.17, 15) is 0 Å². The molecule has 3 heteroatoms. The fraction of sp³-hybridized carbons (Fsp3) is 0.667. The lowest BCUT2D eigenvalue weighted by Crippen LogP contribution is -2.25. The Morgan fingerprint density at radius 3 is 2.00 bits per heavy atom.